The Kier molecular flexibility index (Phi) is 5.26. The Balaban J connectivity index is 1.70. The van der Waals surface area contributed by atoms with Crippen LogP contribution in [0.4, 0.5) is 10.1 Å². The molecule has 2 aromatic rings. The van der Waals surface area contributed by atoms with Crippen LogP contribution in [-0.4, -0.2) is 41.6 Å². The molecule has 0 N–H and O–H groups in total. The van der Waals surface area contributed by atoms with Crippen molar-refractivity contribution in [1.29, 1.82) is 5.26 Å². The van der Waals surface area contributed by atoms with Gasteiger partial charge in [0.2, 0.25) is 5.91 Å². The van der Waals surface area contributed by atoms with Gasteiger partial charge in [-0.25, -0.2) is 4.39 Å². The topological polar surface area (TPSA) is 69.3 Å². The van der Waals surface area contributed by atoms with E-state index in [2.05, 4.69) is 0 Å². The van der Waals surface area contributed by atoms with Crippen molar-refractivity contribution in [3.05, 3.63) is 63.3 Å². The molecule has 1 aliphatic rings. The van der Waals surface area contributed by atoms with Gasteiger partial charge in [-0.05, 0) is 37.6 Å². The minimum atomic E-state index is -0.437. The number of rotatable bonds is 3. The van der Waals surface area contributed by atoms with Crippen LogP contribution in [-0.2, 0) is 11.3 Å². The third kappa shape index (κ3) is 3.70. The molecule has 7 heteroatoms. The van der Waals surface area contributed by atoms with Gasteiger partial charge in [-0.1, -0.05) is 12.1 Å². The molecule has 0 aliphatic carbocycles. The molecule has 6 nitrogen and oxygen atoms in total. The molecule has 3 rings (SSSR count). The van der Waals surface area contributed by atoms with E-state index in [0.717, 1.165) is 0 Å². The predicted molar refractivity (Wildman–Crippen MR) is 100 cm³/mol. The minimum absolute atomic E-state index is 0.0674. The summed E-state index contributed by atoms with van der Waals surface area (Å²) in [6.45, 7) is 5.32. The molecule has 0 spiro atoms. The van der Waals surface area contributed by atoms with E-state index in [0.29, 0.717) is 43.1 Å². The molecule has 1 fully saturated rings. The summed E-state index contributed by atoms with van der Waals surface area (Å²) < 4.78 is 15.3. The number of carbonyl (C=O) groups is 1. The number of anilines is 1. The average Bonchev–Trinajstić information content (AvgIpc) is 2.66. The Morgan fingerprint density at radius 3 is 2.48 bits per heavy atom. The third-order valence-electron chi connectivity index (χ3n) is 4.94. The van der Waals surface area contributed by atoms with E-state index in [-0.39, 0.29) is 23.8 Å². The van der Waals surface area contributed by atoms with Crippen molar-refractivity contribution in [2.24, 2.45) is 0 Å². The van der Waals surface area contributed by atoms with Gasteiger partial charge < -0.3 is 14.4 Å². The fourth-order valence-corrected chi connectivity index (χ4v) is 3.40. The number of benzene rings is 1. The van der Waals surface area contributed by atoms with Crippen LogP contribution in [0.5, 0.6) is 0 Å². The van der Waals surface area contributed by atoms with E-state index < -0.39 is 5.56 Å². The zero-order chi connectivity index (χ0) is 19.6. The van der Waals surface area contributed by atoms with Crippen molar-refractivity contribution in [2.45, 2.75) is 20.4 Å². The Labute approximate surface area is 157 Å². The van der Waals surface area contributed by atoms with Gasteiger partial charge in [0.15, 0.2) is 0 Å². The van der Waals surface area contributed by atoms with Gasteiger partial charge in [0.1, 0.15) is 24.0 Å². The second-order valence-corrected chi connectivity index (χ2v) is 6.67. The van der Waals surface area contributed by atoms with Crippen LogP contribution >= 0.6 is 0 Å². The summed E-state index contributed by atoms with van der Waals surface area (Å²) in [6.07, 6.45) is 0. The normalized spacial score (nSPS) is 14.1. The molecule has 0 unspecified atom stereocenters. The molecular weight excluding hydrogens is 347 g/mol. The number of nitrogens with zero attached hydrogens (tertiary/aromatic N) is 4. The minimum Gasteiger partial charge on any atom is -0.366 e. The molecule has 0 radical (unpaired) electrons. The summed E-state index contributed by atoms with van der Waals surface area (Å²) in [5, 5.41) is 9.16. The molecule has 140 valence electrons. The van der Waals surface area contributed by atoms with Crippen LogP contribution in [0.15, 0.2) is 35.1 Å². The quantitative estimate of drug-likeness (QED) is 0.829. The highest BCUT2D eigenvalue weighted by Crippen LogP contribution is 2.20. The number of hydrogen-bond donors (Lipinski definition) is 0. The SMILES string of the molecule is Cc1cc(C)n(CC(=O)N2CCN(c3ccccc3F)CC2)c(=O)c1C#N. The first-order valence-corrected chi connectivity index (χ1v) is 8.80. The van der Waals surface area contributed by atoms with Crippen molar-refractivity contribution < 1.29 is 9.18 Å². The Morgan fingerprint density at radius 1 is 1.19 bits per heavy atom. The number of para-hydroxylation sites is 1. The van der Waals surface area contributed by atoms with Crippen molar-refractivity contribution in [3.8, 4) is 6.07 Å². The Hall–Kier alpha value is -3.14. The summed E-state index contributed by atoms with van der Waals surface area (Å²) >= 11 is 0. The van der Waals surface area contributed by atoms with Gasteiger partial charge in [-0.2, -0.15) is 5.26 Å². The van der Waals surface area contributed by atoms with Crippen molar-refractivity contribution in [2.75, 3.05) is 31.1 Å². The number of aromatic nitrogens is 1. The zero-order valence-corrected chi connectivity index (χ0v) is 15.4. The molecule has 0 atom stereocenters. The summed E-state index contributed by atoms with van der Waals surface area (Å²) in [6, 6.07) is 10.2. The molecule has 2 heterocycles. The first-order chi connectivity index (χ1) is 12.9. The van der Waals surface area contributed by atoms with Gasteiger partial charge in [0.25, 0.3) is 5.56 Å². The van der Waals surface area contributed by atoms with Crippen LogP contribution in [0.25, 0.3) is 0 Å². The van der Waals surface area contributed by atoms with E-state index in [1.165, 1.54) is 10.6 Å². The van der Waals surface area contributed by atoms with Crippen LogP contribution in [0.3, 0.4) is 0 Å². The maximum Gasteiger partial charge on any atom is 0.269 e. The lowest BCUT2D eigenvalue weighted by Crippen LogP contribution is -2.50. The monoisotopic (exact) mass is 368 g/mol. The molecule has 27 heavy (non-hydrogen) atoms. The first kappa shape index (κ1) is 18.6. The maximum atomic E-state index is 13.9. The Morgan fingerprint density at radius 2 is 1.85 bits per heavy atom. The Bertz CT molecular complexity index is 969. The fourth-order valence-electron chi connectivity index (χ4n) is 3.40. The lowest BCUT2D eigenvalue weighted by Gasteiger charge is -2.36. The van der Waals surface area contributed by atoms with Gasteiger partial charge >= 0.3 is 0 Å². The number of carbonyl (C=O) groups excluding carboxylic acids is 1. The van der Waals surface area contributed by atoms with E-state index >= 15 is 0 Å². The van der Waals surface area contributed by atoms with E-state index in [1.54, 1.807) is 43.0 Å². The first-order valence-electron chi connectivity index (χ1n) is 8.80. The summed E-state index contributed by atoms with van der Waals surface area (Å²) in [4.78, 5) is 28.7. The maximum absolute atomic E-state index is 13.9. The number of halogens is 1. The van der Waals surface area contributed by atoms with E-state index in [1.807, 2.05) is 11.0 Å². The summed E-state index contributed by atoms with van der Waals surface area (Å²) in [5.41, 5.74) is 1.43. The lowest BCUT2D eigenvalue weighted by molar-refractivity contribution is -0.132. The zero-order valence-electron chi connectivity index (χ0n) is 15.4. The number of hydrogen-bond acceptors (Lipinski definition) is 4. The largest absolute Gasteiger partial charge is 0.366 e. The number of piperazine rings is 1. The summed E-state index contributed by atoms with van der Waals surface area (Å²) in [7, 11) is 0. The number of aryl methyl sites for hydroxylation is 2. The third-order valence-corrected chi connectivity index (χ3v) is 4.94. The lowest BCUT2D eigenvalue weighted by atomic mass is 10.1. The van der Waals surface area contributed by atoms with Crippen molar-refractivity contribution in [1.82, 2.24) is 9.47 Å². The van der Waals surface area contributed by atoms with Crippen molar-refractivity contribution >= 4 is 11.6 Å². The predicted octanol–water partition coefficient (Wildman–Crippen LogP) is 1.82. The molecule has 1 aliphatic heterocycles. The smallest absolute Gasteiger partial charge is 0.269 e. The van der Waals surface area contributed by atoms with Gasteiger partial charge in [0, 0.05) is 31.9 Å². The highest BCUT2D eigenvalue weighted by atomic mass is 19.1. The molecule has 1 aromatic heterocycles. The molecular formula is C20H21FN4O2. The second kappa shape index (κ2) is 7.62. The molecule has 0 bridgehead atoms. The van der Waals surface area contributed by atoms with Crippen LogP contribution in [0.2, 0.25) is 0 Å². The molecule has 1 aromatic carbocycles. The number of pyridine rings is 1. The van der Waals surface area contributed by atoms with Crippen molar-refractivity contribution in [3.63, 3.8) is 0 Å². The fraction of sp³-hybridized carbons (Fsp3) is 0.350. The van der Waals surface area contributed by atoms with Crippen LogP contribution in [0, 0.1) is 31.0 Å². The van der Waals surface area contributed by atoms with Crippen LogP contribution < -0.4 is 10.5 Å². The van der Waals surface area contributed by atoms with E-state index in [9.17, 15) is 14.0 Å². The van der Waals surface area contributed by atoms with E-state index in [4.69, 9.17) is 5.26 Å². The number of amides is 1. The van der Waals surface area contributed by atoms with Gasteiger partial charge in [-0.3, -0.25) is 9.59 Å². The molecule has 0 saturated carbocycles. The standard InChI is InChI=1S/C20H21FN4O2/c1-14-11-15(2)25(20(27)16(14)12-22)13-19(26)24-9-7-23(8-10-24)18-6-4-3-5-17(18)21/h3-6,11H,7-10,13H2,1-2H3. The highest BCUT2D eigenvalue weighted by Gasteiger charge is 2.23. The molecule has 1 amide bonds. The number of nitriles is 1. The highest BCUT2D eigenvalue weighted by molar-refractivity contribution is 5.76. The van der Waals surface area contributed by atoms with Gasteiger partial charge in [-0.15, -0.1) is 0 Å². The molecule has 1 saturated heterocycles. The summed E-state index contributed by atoms with van der Waals surface area (Å²) in [5.74, 6) is -0.454. The van der Waals surface area contributed by atoms with Crippen LogP contribution in [0.1, 0.15) is 16.8 Å². The second-order valence-electron chi connectivity index (χ2n) is 6.67. The average molecular weight is 368 g/mol. The van der Waals surface area contributed by atoms with Gasteiger partial charge in [0.05, 0.1) is 5.69 Å².